The van der Waals surface area contributed by atoms with Gasteiger partial charge in [-0.1, -0.05) is 54.1 Å². The molecule has 4 aromatic rings. The number of fused-ring (bicyclic) bond motifs is 1. The third-order valence-corrected chi connectivity index (χ3v) is 5.64. The Kier molecular flexibility index (Phi) is 4.77. The zero-order chi connectivity index (χ0) is 19.7. The first-order valence-corrected chi connectivity index (χ1v) is 10.4. The van der Waals surface area contributed by atoms with E-state index in [9.17, 15) is 8.42 Å². The van der Waals surface area contributed by atoms with Crippen molar-refractivity contribution in [2.75, 3.05) is 0 Å². The van der Waals surface area contributed by atoms with Gasteiger partial charge in [0.25, 0.3) is 0 Å². The Balaban J connectivity index is 1.73. The lowest BCUT2D eigenvalue weighted by Crippen LogP contribution is -2.13. The third kappa shape index (κ3) is 3.71. The van der Waals surface area contributed by atoms with Crippen LogP contribution in [0.4, 0.5) is 0 Å². The maximum atomic E-state index is 11.9. The maximum Gasteiger partial charge on any atom is 0.238 e. The molecule has 0 bridgehead atoms. The van der Waals surface area contributed by atoms with Gasteiger partial charge in [0, 0.05) is 10.6 Å². The summed E-state index contributed by atoms with van der Waals surface area (Å²) in [6.45, 7) is 0. The number of aromatic amines is 1. The summed E-state index contributed by atoms with van der Waals surface area (Å²) >= 11 is 6.17. The van der Waals surface area contributed by atoms with Crippen molar-refractivity contribution in [3.8, 4) is 11.1 Å². The molecule has 7 heteroatoms. The molecule has 0 aliphatic carbocycles. The van der Waals surface area contributed by atoms with E-state index >= 15 is 0 Å². The van der Waals surface area contributed by atoms with Crippen molar-refractivity contribution in [3.05, 3.63) is 83.1 Å². The zero-order valence-corrected chi connectivity index (χ0v) is 16.2. The number of nitrogens with one attached hydrogen (secondary N) is 1. The van der Waals surface area contributed by atoms with Gasteiger partial charge >= 0.3 is 0 Å². The Bertz CT molecular complexity index is 1310. The van der Waals surface area contributed by atoms with Crippen LogP contribution in [0.25, 0.3) is 34.3 Å². The standard InChI is InChI=1S/C21H16ClN3O2S/c22-17-7-3-1-5-14(17)10-12-21-24-18-11-9-15(13-19(18)25-21)16-6-2-4-8-20(16)28(23,26)27/h1-13H,(H,24,25)(H2,23,26,27)/b12-10+. The van der Waals surface area contributed by atoms with E-state index in [0.29, 0.717) is 16.4 Å². The second-order valence-electron chi connectivity index (χ2n) is 6.25. The van der Waals surface area contributed by atoms with Crippen molar-refractivity contribution in [2.24, 2.45) is 5.14 Å². The highest BCUT2D eigenvalue weighted by Crippen LogP contribution is 2.29. The number of imidazole rings is 1. The Labute approximate surface area is 167 Å². The van der Waals surface area contributed by atoms with Gasteiger partial charge in [0.15, 0.2) is 0 Å². The summed E-state index contributed by atoms with van der Waals surface area (Å²) in [5.74, 6) is 0.673. The first-order chi connectivity index (χ1) is 13.4. The fourth-order valence-corrected chi connectivity index (χ4v) is 3.97. The molecule has 5 nitrogen and oxygen atoms in total. The first-order valence-electron chi connectivity index (χ1n) is 8.46. The second kappa shape index (κ2) is 7.24. The first kappa shape index (κ1) is 18.4. The number of nitrogens with two attached hydrogens (primary N) is 1. The van der Waals surface area contributed by atoms with E-state index in [2.05, 4.69) is 9.97 Å². The lowest BCUT2D eigenvalue weighted by atomic mass is 10.1. The predicted octanol–water partition coefficient (Wildman–Crippen LogP) is 4.70. The molecule has 28 heavy (non-hydrogen) atoms. The SMILES string of the molecule is NS(=O)(=O)c1ccccc1-c1ccc2nc(/C=C/c3ccccc3Cl)[nH]c2c1. The number of hydrogen-bond donors (Lipinski definition) is 2. The molecule has 3 N–H and O–H groups in total. The minimum atomic E-state index is -3.82. The molecule has 0 unspecified atom stereocenters. The van der Waals surface area contributed by atoms with Crippen molar-refractivity contribution in [1.82, 2.24) is 9.97 Å². The Morgan fingerprint density at radius 1 is 0.964 bits per heavy atom. The highest BCUT2D eigenvalue weighted by Gasteiger charge is 2.15. The molecule has 0 saturated heterocycles. The number of nitrogens with zero attached hydrogens (tertiary/aromatic N) is 1. The summed E-state index contributed by atoms with van der Waals surface area (Å²) in [5, 5.41) is 6.01. The molecule has 1 aromatic heterocycles. The molecule has 0 saturated carbocycles. The summed E-state index contributed by atoms with van der Waals surface area (Å²) in [6, 6.07) is 19.7. The molecule has 140 valence electrons. The molecule has 0 radical (unpaired) electrons. The van der Waals surface area contributed by atoms with Gasteiger partial charge < -0.3 is 4.98 Å². The van der Waals surface area contributed by atoms with E-state index in [-0.39, 0.29) is 4.90 Å². The van der Waals surface area contributed by atoms with Crippen molar-refractivity contribution in [1.29, 1.82) is 0 Å². The number of benzene rings is 3. The van der Waals surface area contributed by atoms with Crippen LogP contribution in [0.1, 0.15) is 11.4 Å². The van der Waals surface area contributed by atoms with Crippen LogP contribution in [0.15, 0.2) is 71.6 Å². The second-order valence-corrected chi connectivity index (χ2v) is 8.19. The van der Waals surface area contributed by atoms with E-state index in [1.165, 1.54) is 6.07 Å². The van der Waals surface area contributed by atoms with Crippen LogP contribution >= 0.6 is 11.6 Å². The van der Waals surface area contributed by atoms with Gasteiger partial charge in [0.2, 0.25) is 10.0 Å². The molecule has 0 spiro atoms. The number of H-pyrrole nitrogens is 1. The topological polar surface area (TPSA) is 88.8 Å². The number of aromatic nitrogens is 2. The van der Waals surface area contributed by atoms with Crippen molar-refractivity contribution in [2.45, 2.75) is 4.90 Å². The molecule has 0 fully saturated rings. The molecule has 0 aliphatic heterocycles. The monoisotopic (exact) mass is 409 g/mol. The van der Waals surface area contributed by atoms with Gasteiger partial charge in [-0.15, -0.1) is 0 Å². The highest BCUT2D eigenvalue weighted by molar-refractivity contribution is 7.89. The normalized spacial score (nSPS) is 12.1. The molecular formula is C21H16ClN3O2S. The minimum absolute atomic E-state index is 0.0905. The van der Waals surface area contributed by atoms with Crippen LogP contribution in [0.3, 0.4) is 0 Å². The van der Waals surface area contributed by atoms with Crippen LogP contribution in [-0.2, 0) is 10.0 Å². The summed E-state index contributed by atoms with van der Waals surface area (Å²) in [7, 11) is -3.82. The number of sulfonamides is 1. The molecule has 1 heterocycles. The molecular weight excluding hydrogens is 394 g/mol. The quantitative estimate of drug-likeness (QED) is 0.512. The molecule has 0 amide bonds. The van der Waals surface area contributed by atoms with E-state index in [1.807, 2.05) is 54.6 Å². The number of halogens is 1. The molecule has 4 rings (SSSR count). The van der Waals surface area contributed by atoms with E-state index in [1.54, 1.807) is 18.2 Å². The van der Waals surface area contributed by atoms with Gasteiger partial charge in [-0.05, 0) is 47.5 Å². The van der Waals surface area contributed by atoms with E-state index < -0.39 is 10.0 Å². The van der Waals surface area contributed by atoms with Crippen LogP contribution in [0, 0.1) is 0 Å². The van der Waals surface area contributed by atoms with Crippen LogP contribution in [0.5, 0.6) is 0 Å². The van der Waals surface area contributed by atoms with Gasteiger partial charge in [-0.3, -0.25) is 0 Å². The molecule has 0 atom stereocenters. The maximum absolute atomic E-state index is 11.9. The summed E-state index contributed by atoms with van der Waals surface area (Å²) in [6.07, 6.45) is 3.73. The lowest BCUT2D eigenvalue weighted by Gasteiger charge is -2.07. The average Bonchev–Trinajstić information content (AvgIpc) is 3.09. The van der Waals surface area contributed by atoms with Crippen molar-refractivity contribution in [3.63, 3.8) is 0 Å². The molecule has 3 aromatic carbocycles. The fraction of sp³-hybridized carbons (Fsp3) is 0. The van der Waals surface area contributed by atoms with Crippen LogP contribution in [0.2, 0.25) is 5.02 Å². The van der Waals surface area contributed by atoms with Gasteiger partial charge in [-0.2, -0.15) is 0 Å². The number of hydrogen-bond acceptors (Lipinski definition) is 3. The van der Waals surface area contributed by atoms with Crippen molar-refractivity contribution >= 4 is 44.8 Å². The van der Waals surface area contributed by atoms with Crippen molar-refractivity contribution < 1.29 is 8.42 Å². The fourth-order valence-electron chi connectivity index (χ4n) is 3.01. The largest absolute Gasteiger partial charge is 0.338 e. The summed E-state index contributed by atoms with van der Waals surface area (Å²) in [5.41, 5.74) is 3.75. The number of primary sulfonamides is 1. The Morgan fingerprint density at radius 3 is 2.50 bits per heavy atom. The highest BCUT2D eigenvalue weighted by atomic mass is 35.5. The van der Waals surface area contributed by atoms with Gasteiger partial charge in [0.05, 0.1) is 15.9 Å². The van der Waals surface area contributed by atoms with Gasteiger partial charge in [-0.25, -0.2) is 18.5 Å². The minimum Gasteiger partial charge on any atom is -0.338 e. The Morgan fingerprint density at radius 2 is 1.71 bits per heavy atom. The summed E-state index contributed by atoms with van der Waals surface area (Å²) in [4.78, 5) is 7.86. The van der Waals surface area contributed by atoms with E-state index in [0.717, 1.165) is 22.2 Å². The van der Waals surface area contributed by atoms with Crippen LogP contribution in [-0.4, -0.2) is 18.4 Å². The predicted molar refractivity (Wildman–Crippen MR) is 113 cm³/mol. The number of rotatable bonds is 4. The Hall–Kier alpha value is -2.93. The smallest absolute Gasteiger partial charge is 0.238 e. The van der Waals surface area contributed by atoms with Crippen LogP contribution < -0.4 is 5.14 Å². The third-order valence-electron chi connectivity index (χ3n) is 4.33. The average molecular weight is 410 g/mol. The zero-order valence-electron chi connectivity index (χ0n) is 14.6. The van der Waals surface area contributed by atoms with E-state index in [4.69, 9.17) is 16.7 Å². The van der Waals surface area contributed by atoms with Gasteiger partial charge in [0.1, 0.15) is 5.82 Å². The summed E-state index contributed by atoms with van der Waals surface area (Å²) < 4.78 is 23.8. The lowest BCUT2D eigenvalue weighted by molar-refractivity contribution is 0.598. The molecule has 0 aliphatic rings.